The molecule has 0 aliphatic heterocycles. The SMILES string of the molecule is CC(COCC(C)[Si](C)(C)C)[Si](C)(C)C. The van der Waals surface area contributed by atoms with Gasteiger partial charge < -0.3 is 4.74 Å². The quantitative estimate of drug-likeness (QED) is 0.629. The summed E-state index contributed by atoms with van der Waals surface area (Å²) < 4.78 is 5.88. The van der Waals surface area contributed by atoms with Gasteiger partial charge in [0.2, 0.25) is 0 Å². The lowest BCUT2D eigenvalue weighted by Gasteiger charge is -2.28. The minimum atomic E-state index is -0.992. The lowest BCUT2D eigenvalue weighted by molar-refractivity contribution is 0.133. The maximum Gasteiger partial charge on any atom is 0.0496 e. The molecular weight excluding hydrogens is 216 g/mol. The van der Waals surface area contributed by atoms with E-state index < -0.39 is 16.1 Å². The monoisotopic (exact) mass is 246 g/mol. The standard InChI is InChI=1S/C12H30OSi2/c1-11(14(3,4)5)9-13-10-12(2)15(6,7)8/h11-12H,9-10H2,1-8H3. The number of ether oxygens (including phenoxy) is 1. The van der Waals surface area contributed by atoms with Crippen LogP contribution >= 0.6 is 0 Å². The molecule has 0 bridgehead atoms. The van der Waals surface area contributed by atoms with Crippen molar-refractivity contribution in [1.29, 1.82) is 0 Å². The third-order valence-electron chi connectivity index (χ3n) is 3.69. The first-order valence-electron chi connectivity index (χ1n) is 6.13. The Morgan fingerprint density at radius 1 is 0.733 bits per heavy atom. The maximum absolute atomic E-state index is 5.88. The predicted molar refractivity (Wildman–Crippen MR) is 76.4 cm³/mol. The smallest absolute Gasteiger partial charge is 0.0496 e. The van der Waals surface area contributed by atoms with Gasteiger partial charge in [0, 0.05) is 29.4 Å². The summed E-state index contributed by atoms with van der Waals surface area (Å²) in [5.41, 5.74) is 1.54. The summed E-state index contributed by atoms with van der Waals surface area (Å²) >= 11 is 0. The maximum atomic E-state index is 5.88. The van der Waals surface area contributed by atoms with Gasteiger partial charge in [-0.15, -0.1) is 0 Å². The molecule has 0 heterocycles. The van der Waals surface area contributed by atoms with Crippen LogP contribution in [0.5, 0.6) is 0 Å². The van der Waals surface area contributed by atoms with Crippen LogP contribution < -0.4 is 0 Å². The molecule has 0 amide bonds. The molecule has 0 saturated heterocycles. The Hall–Kier alpha value is 0.394. The van der Waals surface area contributed by atoms with Crippen LogP contribution in [0.1, 0.15) is 13.8 Å². The summed E-state index contributed by atoms with van der Waals surface area (Å²) in [7, 11) is -1.98. The summed E-state index contributed by atoms with van der Waals surface area (Å²) in [6.45, 7) is 21.1. The Labute approximate surface area is 98.6 Å². The molecular formula is C12H30OSi2. The summed E-state index contributed by atoms with van der Waals surface area (Å²) in [5.74, 6) is 0. The lowest BCUT2D eigenvalue weighted by Crippen LogP contribution is -2.32. The van der Waals surface area contributed by atoms with Crippen LogP contribution in [0.15, 0.2) is 0 Å². The van der Waals surface area contributed by atoms with Gasteiger partial charge in [0.15, 0.2) is 0 Å². The molecule has 0 fully saturated rings. The van der Waals surface area contributed by atoms with Crippen LogP contribution in [-0.2, 0) is 4.74 Å². The highest BCUT2D eigenvalue weighted by atomic mass is 28.3. The van der Waals surface area contributed by atoms with Crippen molar-refractivity contribution >= 4 is 16.1 Å². The van der Waals surface area contributed by atoms with Crippen LogP contribution in [0.2, 0.25) is 50.4 Å². The van der Waals surface area contributed by atoms with E-state index in [0.717, 1.165) is 24.3 Å². The highest BCUT2D eigenvalue weighted by Gasteiger charge is 2.25. The fourth-order valence-electron chi connectivity index (χ4n) is 0.922. The Kier molecular flexibility index (Phi) is 5.79. The highest BCUT2D eigenvalue weighted by Crippen LogP contribution is 2.24. The largest absolute Gasteiger partial charge is 0.381 e. The van der Waals surface area contributed by atoms with E-state index in [1.807, 2.05) is 0 Å². The first kappa shape index (κ1) is 15.4. The first-order valence-corrected chi connectivity index (χ1v) is 13.3. The van der Waals surface area contributed by atoms with Gasteiger partial charge in [0.1, 0.15) is 0 Å². The van der Waals surface area contributed by atoms with Crippen molar-refractivity contribution in [2.75, 3.05) is 13.2 Å². The zero-order valence-electron chi connectivity index (χ0n) is 12.0. The minimum Gasteiger partial charge on any atom is -0.381 e. The molecule has 3 heteroatoms. The fraction of sp³-hybridized carbons (Fsp3) is 1.00. The highest BCUT2D eigenvalue weighted by molar-refractivity contribution is 6.77. The molecule has 0 N–H and O–H groups in total. The predicted octanol–water partition coefficient (Wildman–Crippen LogP) is 4.46. The van der Waals surface area contributed by atoms with Crippen molar-refractivity contribution in [3.63, 3.8) is 0 Å². The Morgan fingerprint density at radius 2 is 1.00 bits per heavy atom. The summed E-state index contributed by atoms with van der Waals surface area (Å²) in [4.78, 5) is 0. The second-order valence-corrected chi connectivity index (χ2v) is 18.5. The van der Waals surface area contributed by atoms with Crippen molar-refractivity contribution < 1.29 is 4.74 Å². The summed E-state index contributed by atoms with van der Waals surface area (Å²) in [6, 6.07) is 0. The van der Waals surface area contributed by atoms with Crippen molar-refractivity contribution in [2.24, 2.45) is 0 Å². The van der Waals surface area contributed by atoms with E-state index in [-0.39, 0.29) is 0 Å². The molecule has 0 saturated carbocycles. The minimum absolute atomic E-state index is 0.770. The van der Waals surface area contributed by atoms with Crippen LogP contribution in [-0.4, -0.2) is 29.4 Å². The second-order valence-electron chi connectivity index (χ2n) is 7.07. The van der Waals surface area contributed by atoms with Gasteiger partial charge in [-0.1, -0.05) is 53.1 Å². The molecule has 0 radical (unpaired) electrons. The average Bonchev–Trinajstić information content (AvgIpc) is 2.00. The zero-order chi connectivity index (χ0) is 12.3. The van der Waals surface area contributed by atoms with Crippen molar-refractivity contribution in [3.8, 4) is 0 Å². The van der Waals surface area contributed by atoms with Crippen molar-refractivity contribution in [1.82, 2.24) is 0 Å². The van der Waals surface area contributed by atoms with Gasteiger partial charge >= 0.3 is 0 Å². The molecule has 1 nitrogen and oxygen atoms in total. The van der Waals surface area contributed by atoms with E-state index in [0.29, 0.717) is 0 Å². The molecule has 0 aromatic rings. The van der Waals surface area contributed by atoms with E-state index >= 15 is 0 Å². The summed E-state index contributed by atoms with van der Waals surface area (Å²) in [6.07, 6.45) is 0. The number of hydrogen-bond acceptors (Lipinski definition) is 1. The topological polar surface area (TPSA) is 9.23 Å². The normalized spacial score (nSPS) is 17.6. The van der Waals surface area contributed by atoms with Gasteiger partial charge in [-0.3, -0.25) is 0 Å². The number of hydrogen-bond donors (Lipinski definition) is 0. The molecule has 0 aliphatic carbocycles. The third-order valence-corrected chi connectivity index (χ3v) is 9.94. The van der Waals surface area contributed by atoms with Crippen molar-refractivity contribution in [3.05, 3.63) is 0 Å². The molecule has 2 unspecified atom stereocenters. The Morgan fingerprint density at radius 3 is 1.20 bits per heavy atom. The molecule has 0 aromatic heterocycles. The molecule has 0 spiro atoms. The lowest BCUT2D eigenvalue weighted by atomic mass is 10.5. The summed E-state index contributed by atoms with van der Waals surface area (Å²) in [5, 5.41) is 0. The number of rotatable bonds is 6. The van der Waals surface area contributed by atoms with Crippen LogP contribution in [0.25, 0.3) is 0 Å². The first-order chi connectivity index (χ1) is 6.55. The van der Waals surface area contributed by atoms with E-state index in [1.54, 1.807) is 0 Å². The molecule has 92 valence electrons. The van der Waals surface area contributed by atoms with Crippen LogP contribution in [0.4, 0.5) is 0 Å². The van der Waals surface area contributed by atoms with Gasteiger partial charge in [0.25, 0.3) is 0 Å². The second kappa shape index (κ2) is 5.64. The van der Waals surface area contributed by atoms with Gasteiger partial charge in [-0.05, 0) is 11.1 Å². The van der Waals surface area contributed by atoms with E-state index in [9.17, 15) is 0 Å². The Bertz CT molecular complexity index is 159. The molecule has 15 heavy (non-hydrogen) atoms. The van der Waals surface area contributed by atoms with Crippen LogP contribution in [0.3, 0.4) is 0 Å². The van der Waals surface area contributed by atoms with Crippen LogP contribution in [0, 0.1) is 0 Å². The third kappa shape index (κ3) is 6.53. The average molecular weight is 247 g/mol. The Balaban J connectivity index is 3.81. The van der Waals surface area contributed by atoms with Gasteiger partial charge in [-0.2, -0.15) is 0 Å². The van der Waals surface area contributed by atoms with Crippen molar-refractivity contribution in [2.45, 2.75) is 64.2 Å². The zero-order valence-corrected chi connectivity index (χ0v) is 14.0. The molecule has 0 aliphatic rings. The van der Waals surface area contributed by atoms with E-state index in [4.69, 9.17) is 4.74 Å². The van der Waals surface area contributed by atoms with Gasteiger partial charge in [-0.25, -0.2) is 0 Å². The fourth-order valence-corrected chi connectivity index (χ4v) is 2.16. The van der Waals surface area contributed by atoms with Gasteiger partial charge in [0.05, 0.1) is 0 Å². The molecule has 0 rings (SSSR count). The van der Waals surface area contributed by atoms with E-state index in [2.05, 4.69) is 53.1 Å². The molecule has 2 atom stereocenters. The molecule has 0 aromatic carbocycles. The van der Waals surface area contributed by atoms with E-state index in [1.165, 1.54) is 0 Å².